The number of nitrogens with zero attached hydrogens (tertiary/aromatic N) is 2. The zero-order valence-corrected chi connectivity index (χ0v) is 6.82. The van der Waals surface area contributed by atoms with Crippen LogP contribution in [-0.2, 0) is 4.74 Å². The second-order valence-corrected chi connectivity index (χ2v) is 2.82. The molecule has 1 fully saturated rings. The van der Waals surface area contributed by atoms with Gasteiger partial charge in [0.25, 0.3) is 0 Å². The second-order valence-electron chi connectivity index (χ2n) is 2.82. The van der Waals surface area contributed by atoms with Gasteiger partial charge in [0.15, 0.2) is 5.82 Å². The monoisotopic (exact) mass is 170 g/mol. The van der Waals surface area contributed by atoms with E-state index < -0.39 is 0 Å². The molecule has 0 N–H and O–H groups in total. The van der Waals surface area contributed by atoms with Crippen molar-refractivity contribution in [3.8, 4) is 6.08 Å². The first kappa shape index (κ1) is 7.54. The molecule has 1 saturated heterocycles. The van der Waals surface area contributed by atoms with Crippen LogP contribution in [0.1, 0.15) is 5.82 Å². The third kappa shape index (κ3) is 1.55. The lowest BCUT2D eigenvalue weighted by atomic mass is 10.1. The van der Waals surface area contributed by atoms with Crippen LogP contribution in [-0.4, -0.2) is 30.0 Å². The van der Waals surface area contributed by atoms with E-state index in [0.29, 0.717) is 18.3 Å². The minimum atomic E-state index is 0.249. The summed E-state index contributed by atoms with van der Waals surface area (Å²) in [7, 11) is 0. The topological polar surface area (TPSA) is 57.4 Å². The predicted molar refractivity (Wildman–Crippen MR) is 38.8 cm³/mol. The van der Waals surface area contributed by atoms with E-state index in [1.54, 1.807) is 6.92 Å². The zero-order chi connectivity index (χ0) is 8.39. The van der Waals surface area contributed by atoms with Crippen molar-refractivity contribution in [2.75, 3.05) is 19.8 Å². The Morgan fingerprint density at radius 1 is 1.58 bits per heavy atom. The van der Waals surface area contributed by atoms with Gasteiger partial charge in [-0.05, 0) is 6.92 Å². The van der Waals surface area contributed by atoms with Crippen molar-refractivity contribution < 1.29 is 14.0 Å². The number of aryl methyl sites for hydroxylation is 1. The third-order valence-corrected chi connectivity index (χ3v) is 1.66. The van der Waals surface area contributed by atoms with E-state index in [0.717, 1.165) is 13.2 Å². The minimum Gasteiger partial charge on any atom is -0.448 e. The van der Waals surface area contributed by atoms with Crippen molar-refractivity contribution in [2.24, 2.45) is 5.92 Å². The fourth-order valence-electron chi connectivity index (χ4n) is 0.907. The summed E-state index contributed by atoms with van der Waals surface area (Å²) < 4.78 is 15.0. The van der Waals surface area contributed by atoms with E-state index >= 15 is 0 Å². The van der Waals surface area contributed by atoms with Crippen molar-refractivity contribution in [1.29, 1.82) is 0 Å². The van der Waals surface area contributed by atoms with E-state index in [1.807, 2.05) is 0 Å². The van der Waals surface area contributed by atoms with Crippen LogP contribution in [0.2, 0.25) is 0 Å². The van der Waals surface area contributed by atoms with Crippen LogP contribution in [0.5, 0.6) is 6.08 Å². The fourth-order valence-corrected chi connectivity index (χ4v) is 0.907. The number of hydrogen-bond acceptors (Lipinski definition) is 5. The summed E-state index contributed by atoms with van der Waals surface area (Å²) in [6.07, 6.45) is 0.249. The van der Waals surface area contributed by atoms with Gasteiger partial charge in [-0.15, -0.1) is 0 Å². The lowest BCUT2D eigenvalue weighted by Crippen LogP contribution is -2.32. The highest BCUT2D eigenvalue weighted by Crippen LogP contribution is 2.12. The van der Waals surface area contributed by atoms with Gasteiger partial charge in [0.1, 0.15) is 6.61 Å². The van der Waals surface area contributed by atoms with E-state index in [9.17, 15) is 0 Å². The molecule has 66 valence electrons. The summed E-state index contributed by atoms with van der Waals surface area (Å²) in [5, 5.41) is 3.60. The van der Waals surface area contributed by atoms with Crippen LogP contribution < -0.4 is 4.74 Å². The van der Waals surface area contributed by atoms with Crippen molar-refractivity contribution in [3.63, 3.8) is 0 Å². The highest BCUT2D eigenvalue weighted by molar-refractivity contribution is 4.87. The number of rotatable bonds is 3. The molecular formula is C7H10N2O3. The standard InChI is InChI=1S/C7H10N2O3/c1-5-8-7(12-9-5)11-4-6-2-10-3-6/h6H,2-4H2,1H3. The van der Waals surface area contributed by atoms with Gasteiger partial charge in [-0.3, -0.25) is 4.52 Å². The Morgan fingerprint density at radius 2 is 2.42 bits per heavy atom. The van der Waals surface area contributed by atoms with Crippen LogP contribution >= 0.6 is 0 Å². The molecule has 0 aliphatic carbocycles. The molecule has 2 heterocycles. The Labute approximate surface area is 69.7 Å². The van der Waals surface area contributed by atoms with Gasteiger partial charge in [-0.2, -0.15) is 4.98 Å². The normalized spacial score (nSPS) is 17.4. The minimum absolute atomic E-state index is 0.249. The van der Waals surface area contributed by atoms with Gasteiger partial charge in [-0.25, -0.2) is 0 Å². The van der Waals surface area contributed by atoms with Crippen molar-refractivity contribution >= 4 is 0 Å². The first-order valence-corrected chi connectivity index (χ1v) is 3.85. The molecule has 1 aliphatic rings. The summed E-state index contributed by atoms with van der Waals surface area (Å²) in [6.45, 7) is 3.89. The van der Waals surface area contributed by atoms with Crippen molar-refractivity contribution in [3.05, 3.63) is 5.82 Å². The van der Waals surface area contributed by atoms with Crippen LogP contribution in [0.3, 0.4) is 0 Å². The van der Waals surface area contributed by atoms with E-state index in [1.165, 1.54) is 0 Å². The molecule has 0 unspecified atom stereocenters. The first-order valence-electron chi connectivity index (χ1n) is 3.85. The molecule has 5 heteroatoms. The van der Waals surface area contributed by atoms with Gasteiger partial charge in [0.2, 0.25) is 0 Å². The Hall–Kier alpha value is -1.10. The quantitative estimate of drug-likeness (QED) is 0.657. The van der Waals surface area contributed by atoms with Gasteiger partial charge in [0, 0.05) is 5.92 Å². The van der Waals surface area contributed by atoms with Gasteiger partial charge in [-0.1, -0.05) is 5.16 Å². The lowest BCUT2D eigenvalue weighted by molar-refractivity contribution is -0.0551. The lowest BCUT2D eigenvalue weighted by Gasteiger charge is -2.24. The van der Waals surface area contributed by atoms with Gasteiger partial charge >= 0.3 is 6.08 Å². The predicted octanol–water partition coefficient (Wildman–Crippen LogP) is 0.403. The molecule has 0 spiro atoms. The number of ether oxygens (including phenoxy) is 2. The van der Waals surface area contributed by atoms with Gasteiger partial charge in [0.05, 0.1) is 13.2 Å². The molecule has 1 aromatic rings. The second kappa shape index (κ2) is 3.10. The van der Waals surface area contributed by atoms with E-state index in [-0.39, 0.29) is 6.08 Å². The Morgan fingerprint density at radius 3 is 2.92 bits per heavy atom. The molecule has 0 saturated carbocycles. The third-order valence-electron chi connectivity index (χ3n) is 1.66. The summed E-state index contributed by atoms with van der Waals surface area (Å²) in [4.78, 5) is 3.90. The summed E-state index contributed by atoms with van der Waals surface area (Å²) in [5.74, 6) is 1.08. The molecule has 12 heavy (non-hydrogen) atoms. The Bertz CT molecular complexity index is 257. The first-order chi connectivity index (χ1) is 5.84. The number of aromatic nitrogens is 2. The van der Waals surface area contributed by atoms with E-state index in [4.69, 9.17) is 14.0 Å². The largest absolute Gasteiger partial charge is 0.448 e. The molecule has 5 nitrogen and oxygen atoms in total. The van der Waals surface area contributed by atoms with Crippen molar-refractivity contribution in [2.45, 2.75) is 6.92 Å². The fraction of sp³-hybridized carbons (Fsp3) is 0.714. The van der Waals surface area contributed by atoms with Crippen LogP contribution in [0.4, 0.5) is 0 Å². The number of hydrogen-bond donors (Lipinski definition) is 0. The molecule has 0 radical (unpaired) electrons. The molecule has 0 bridgehead atoms. The molecule has 2 rings (SSSR count). The zero-order valence-electron chi connectivity index (χ0n) is 6.82. The average molecular weight is 170 g/mol. The smallest absolute Gasteiger partial charge is 0.417 e. The SMILES string of the molecule is Cc1noc(OCC2COC2)n1. The summed E-state index contributed by atoms with van der Waals surface area (Å²) >= 11 is 0. The van der Waals surface area contributed by atoms with Crippen LogP contribution in [0, 0.1) is 12.8 Å². The maximum Gasteiger partial charge on any atom is 0.417 e. The molecule has 1 aliphatic heterocycles. The molecular weight excluding hydrogens is 160 g/mol. The average Bonchev–Trinajstić information content (AvgIpc) is 2.32. The van der Waals surface area contributed by atoms with Gasteiger partial charge < -0.3 is 9.47 Å². The molecule has 0 atom stereocenters. The highest BCUT2D eigenvalue weighted by Gasteiger charge is 2.19. The van der Waals surface area contributed by atoms with Crippen LogP contribution in [0.15, 0.2) is 4.52 Å². The van der Waals surface area contributed by atoms with Crippen LogP contribution in [0.25, 0.3) is 0 Å². The maximum absolute atomic E-state index is 5.21. The maximum atomic E-state index is 5.21. The van der Waals surface area contributed by atoms with Crippen molar-refractivity contribution in [1.82, 2.24) is 10.1 Å². The van der Waals surface area contributed by atoms with E-state index in [2.05, 4.69) is 10.1 Å². The Balaban J connectivity index is 1.79. The molecule has 1 aromatic heterocycles. The molecule has 0 aromatic carbocycles. The highest BCUT2D eigenvalue weighted by atomic mass is 16.6. The Kier molecular flexibility index (Phi) is 1.95. The summed E-state index contributed by atoms with van der Waals surface area (Å²) in [5.41, 5.74) is 0. The summed E-state index contributed by atoms with van der Waals surface area (Å²) in [6, 6.07) is 0. The molecule has 0 amide bonds.